The molecule has 2 aliphatic heterocycles. The van der Waals surface area contributed by atoms with Crippen LogP contribution >= 0.6 is 0 Å². The highest BCUT2D eigenvalue weighted by Gasteiger charge is 2.47. The van der Waals surface area contributed by atoms with Crippen LogP contribution in [-0.2, 0) is 4.74 Å². The van der Waals surface area contributed by atoms with Gasteiger partial charge in [0.2, 0.25) is 0 Å². The molecule has 3 rings (SSSR count). The number of fused-ring (bicyclic) bond motifs is 1. The van der Waals surface area contributed by atoms with E-state index < -0.39 is 0 Å². The first-order valence-electron chi connectivity index (χ1n) is 7.10. The number of nitrogens with zero attached hydrogens (tertiary/aromatic N) is 3. The highest BCUT2D eigenvalue weighted by Crippen LogP contribution is 2.31. The molecule has 0 aromatic carbocycles. The molecule has 0 N–H and O–H groups in total. The molecule has 0 unspecified atom stereocenters. The molecular formula is C14H21N3O3. The number of ether oxygens (including phenoxy) is 1. The Kier molecular flexibility index (Phi) is 3.52. The van der Waals surface area contributed by atoms with Crippen molar-refractivity contribution in [1.82, 2.24) is 15.0 Å². The molecule has 0 saturated carbocycles. The van der Waals surface area contributed by atoms with Crippen molar-refractivity contribution in [2.45, 2.75) is 38.0 Å². The molecule has 0 aliphatic carbocycles. The summed E-state index contributed by atoms with van der Waals surface area (Å²) in [5, 5.41) is 3.85. The van der Waals surface area contributed by atoms with E-state index in [2.05, 4.69) is 10.1 Å². The predicted octanol–water partition coefficient (Wildman–Crippen LogP) is 0.917. The quantitative estimate of drug-likeness (QED) is 0.805. The Balaban J connectivity index is 1.83. The minimum atomic E-state index is -0.0494. The molecule has 3 atom stereocenters. The molecule has 2 fully saturated rings. The lowest BCUT2D eigenvalue weighted by Crippen LogP contribution is -2.45. The Bertz CT molecular complexity index is 500. The maximum Gasteiger partial charge on any atom is 0.276 e. The van der Waals surface area contributed by atoms with Gasteiger partial charge in [-0.15, -0.1) is 0 Å². The van der Waals surface area contributed by atoms with E-state index in [0.717, 1.165) is 19.4 Å². The van der Waals surface area contributed by atoms with E-state index in [1.807, 2.05) is 19.0 Å². The van der Waals surface area contributed by atoms with Gasteiger partial charge in [0, 0.05) is 19.2 Å². The number of hydrogen-bond acceptors (Lipinski definition) is 5. The molecule has 1 amide bonds. The van der Waals surface area contributed by atoms with Crippen molar-refractivity contribution in [3.05, 3.63) is 17.5 Å². The Morgan fingerprint density at radius 3 is 2.95 bits per heavy atom. The summed E-state index contributed by atoms with van der Waals surface area (Å²) in [6.45, 7) is 3.27. The summed E-state index contributed by atoms with van der Waals surface area (Å²) < 4.78 is 10.9. The van der Waals surface area contributed by atoms with E-state index in [4.69, 9.17) is 9.26 Å². The second-order valence-electron chi connectivity index (χ2n) is 5.86. The van der Waals surface area contributed by atoms with Gasteiger partial charge in [-0.05, 0) is 33.9 Å². The summed E-state index contributed by atoms with van der Waals surface area (Å²) in [4.78, 5) is 16.7. The number of likely N-dealkylation sites (tertiary alicyclic amines) is 1. The van der Waals surface area contributed by atoms with Gasteiger partial charge in [-0.1, -0.05) is 5.16 Å². The van der Waals surface area contributed by atoms with Gasteiger partial charge in [-0.25, -0.2) is 0 Å². The van der Waals surface area contributed by atoms with Crippen LogP contribution in [0.4, 0.5) is 0 Å². The van der Waals surface area contributed by atoms with Crippen LogP contribution in [0, 0.1) is 6.92 Å². The number of aryl methyl sites for hydroxylation is 1. The van der Waals surface area contributed by atoms with Crippen LogP contribution in [0.2, 0.25) is 0 Å². The topological polar surface area (TPSA) is 58.8 Å². The van der Waals surface area contributed by atoms with E-state index in [-0.39, 0.29) is 24.1 Å². The second-order valence-corrected chi connectivity index (χ2v) is 5.86. The maximum absolute atomic E-state index is 12.6. The van der Waals surface area contributed by atoms with Crippen molar-refractivity contribution < 1.29 is 14.1 Å². The zero-order chi connectivity index (χ0) is 14.3. The summed E-state index contributed by atoms with van der Waals surface area (Å²) in [7, 11) is 4.07. The highest BCUT2D eigenvalue weighted by atomic mass is 16.5. The predicted molar refractivity (Wildman–Crippen MR) is 72.5 cm³/mol. The SMILES string of the molecule is Cc1cc(C(=O)N2C[C@@H](N(C)C)[C@H]3OCCC[C@H]32)no1. The van der Waals surface area contributed by atoms with Gasteiger partial charge >= 0.3 is 0 Å². The summed E-state index contributed by atoms with van der Waals surface area (Å²) in [6, 6.07) is 2.10. The average Bonchev–Trinajstić information content (AvgIpc) is 3.02. The first kappa shape index (κ1) is 13.6. The Hall–Kier alpha value is -1.40. The molecule has 6 nitrogen and oxygen atoms in total. The monoisotopic (exact) mass is 279 g/mol. The molecule has 2 aliphatic rings. The van der Waals surface area contributed by atoms with Crippen LogP contribution in [0.15, 0.2) is 10.6 Å². The lowest BCUT2D eigenvalue weighted by atomic mass is 10.0. The number of carbonyl (C=O) groups is 1. The number of rotatable bonds is 2. The van der Waals surface area contributed by atoms with Crippen LogP contribution < -0.4 is 0 Å². The molecule has 0 radical (unpaired) electrons. The van der Waals surface area contributed by atoms with Crippen LogP contribution in [-0.4, -0.2) is 66.3 Å². The van der Waals surface area contributed by atoms with Crippen molar-refractivity contribution in [2.75, 3.05) is 27.2 Å². The first-order valence-corrected chi connectivity index (χ1v) is 7.10. The fourth-order valence-electron chi connectivity index (χ4n) is 3.23. The summed E-state index contributed by atoms with van der Waals surface area (Å²) in [5.41, 5.74) is 0.395. The molecule has 6 heteroatoms. The van der Waals surface area contributed by atoms with E-state index in [1.54, 1.807) is 13.0 Å². The van der Waals surface area contributed by atoms with E-state index in [9.17, 15) is 4.79 Å². The lowest BCUT2D eigenvalue weighted by Gasteiger charge is -2.33. The van der Waals surface area contributed by atoms with Gasteiger partial charge in [0.05, 0.1) is 18.2 Å². The molecule has 110 valence electrons. The van der Waals surface area contributed by atoms with E-state index >= 15 is 0 Å². The van der Waals surface area contributed by atoms with Crippen molar-refractivity contribution in [3.8, 4) is 0 Å². The third-order valence-electron chi connectivity index (χ3n) is 4.27. The Morgan fingerprint density at radius 1 is 1.50 bits per heavy atom. The van der Waals surface area contributed by atoms with Gasteiger partial charge in [0.15, 0.2) is 5.69 Å². The zero-order valence-corrected chi connectivity index (χ0v) is 12.2. The Labute approximate surface area is 118 Å². The second kappa shape index (κ2) is 5.18. The van der Waals surface area contributed by atoms with E-state index in [1.165, 1.54) is 0 Å². The molecule has 2 saturated heterocycles. The van der Waals surface area contributed by atoms with Gasteiger partial charge in [-0.3, -0.25) is 4.79 Å². The first-order chi connectivity index (χ1) is 9.58. The molecular weight excluding hydrogens is 258 g/mol. The smallest absolute Gasteiger partial charge is 0.276 e. The number of carbonyl (C=O) groups excluding carboxylic acids is 1. The molecule has 20 heavy (non-hydrogen) atoms. The maximum atomic E-state index is 12.6. The fourth-order valence-corrected chi connectivity index (χ4v) is 3.23. The third-order valence-corrected chi connectivity index (χ3v) is 4.27. The van der Waals surface area contributed by atoms with Crippen molar-refractivity contribution in [3.63, 3.8) is 0 Å². The van der Waals surface area contributed by atoms with Crippen LogP contribution in [0.25, 0.3) is 0 Å². The van der Waals surface area contributed by atoms with Gasteiger partial charge in [0.1, 0.15) is 5.76 Å². The standard InChI is InChI=1S/C14H21N3O3/c1-9-7-10(15-20-9)14(18)17-8-12(16(2)3)13-11(17)5-4-6-19-13/h7,11-13H,4-6,8H2,1-3H3/t11-,12-,13+/m1/s1. The van der Waals surface area contributed by atoms with E-state index in [0.29, 0.717) is 18.0 Å². The van der Waals surface area contributed by atoms with Gasteiger partial charge in [-0.2, -0.15) is 0 Å². The van der Waals surface area contributed by atoms with Crippen molar-refractivity contribution in [1.29, 1.82) is 0 Å². The number of amides is 1. The molecule has 3 heterocycles. The normalized spacial score (nSPS) is 29.8. The van der Waals surface area contributed by atoms with Crippen LogP contribution in [0.3, 0.4) is 0 Å². The number of hydrogen-bond donors (Lipinski definition) is 0. The molecule has 0 bridgehead atoms. The van der Waals surface area contributed by atoms with Crippen LogP contribution in [0.1, 0.15) is 29.1 Å². The van der Waals surface area contributed by atoms with Gasteiger partial charge in [0.25, 0.3) is 5.91 Å². The van der Waals surface area contributed by atoms with Crippen molar-refractivity contribution in [2.24, 2.45) is 0 Å². The third kappa shape index (κ3) is 2.23. The fraction of sp³-hybridized carbons (Fsp3) is 0.714. The lowest BCUT2D eigenvalue weighted by molar-refractivity contribution is -0.0313. The number of aromatic nitrogens is 1. The van der Waals surface area contributed by atoms with Crippen LogP contribution in [0.5, 0.6) is 0 Å². The van der Waals surface area contributed by atoms with Crippen molar-refractivity contribution >= 4 is 5.91 Å². The summed E-state index contributed by atoms with van der Waals surface area (Å²) in [5.74, 6) is 0.611. The average molecular weight is 279 g/mol. The highest BCUT2D eigenvalue weighted by molar-refractivity contribution is 5.92. The minimum absolute atomic E-state index is 0.0494. The Morgan fingerprint density at radius 2 is 2.30 bits per heavy atom. The minimum Gasteiger partial charge on any atom is -0.374 e. The zero-order valence-electron chi connectivity index (χ0n) is 12.2. The van der Waals surface area contributed by atoms with Gasteiger partial charge < -0.3 is 19.1 Å². The number of likely N-dealkylation sites (N-methyl/N-ethyl adjacent to an activating group) is 1. The largest absolute Gasteiger partial charge is 0.374 e. The summed E-state index contributed by atoms with van der Waals surface area (Å²) >= 11 is 0. The molecule has 1 aromatic heterocycles. The summed E-state index contributed by atoms with van der Waals surface area (Å²) in [6.07, 6.45) is 2.11. The molecule has 1 aromatic rings. The molecule has 0 spiro atoms.